The molecule has 1 aliphatic heterocycles. The zero-order chi connectivity index (χ0) is 17.4. The number of hydrogen-bond donors (Lipinski definition) is 1. The first kappa shape index (κ1) is 17.7. The van der Waals surface area contributed by atoms with Gasteiger partial charge in [-0.05, 0) is 64.3 Å². The van der Waals surface area contributed by atoms with Gasteiger partial charge in [0.05, 0.1) is 4.90 Å². The van der Waals surface area contributed by atoms with Crippen molar-refractivity contribution < 1.29 is 23.1 Å². The average molecular weight is 341 g/mol. The van der Waals surface area contributed by atoms with Crippen molar-refractivity contribution in [1.29, 1.82) is 0 Å². The Balaban J connectivity index is 2.31. The van der Waals surface area contributed by atoms with E-state index in [1.165, 1.54) is 22.5 Å². The normalized spacial score (nSPS) is 19.7. The highest BCUT2D eigenvalue weighted by Gasteiger charge is 2.41. The number of aromatic hydroxyl groups is 1. The number of phenols is 1. The summed E-state index contributed by atoms with van der Waals surface area (Å²) in [5.41, 5.74) is -0.191. The van der Waals surface area contributed by atoms with Crippen molar-refractivity contribution in [2.45, 2.75) is 57.1 Å². The third-order valence-electron chi connectivity index (χ3n) is 3.66. The molecule has 128 valence electrons. The molecule has 1 aliphatic rings. The Bertz CT molecular complexity index is 706. The van der Waals surface area contributed by atoms with Gasteiger partial charge < -0.3 is 9.84 Å². The van der Waals surface area contributed by atoms with E-state index < -0.39 is 27.6 Å². The lowest BCUT2D eigenvalue weighted by atomic mass is 10.2. The van der Waals surface area contributed by atoms with Crippen LogP contribution in [0.5, 0.6) is 5.75 Å². The van der Waals surface area contributed by atoms with Crippen LogP contribution in [0.1, 0.15) is 39.2 Å². The molecule has 6 nitrogen and oxygen atoms in total. The Morgan fingerprint density at radius 1 is 1.35 bits per heavy atom. The van der Waals surface area contributed by atoms with Crippen LogP contribution in [0.4, 0.5) is 0 Å². The predicted molar refractivity (Wildman–Crippen MR) is 85.6 cm³/mol. The zero-order valence-electron chi connectivity index (χ0n) is 13.9. The van der Waals surface area contributed by atoms with Crippen LogP contribution in [0.25, 0.3) is 0 Å². The van der Waals surface area contributed by atoms with Crippen LogP contribution in [0.15, 0.2) is 23.1 Å². The van der Waals surface area contributed by atoms with Crippen molar-refractivity contribution in [3.05, 3.63) is 23.8 Å². The molecule has 0 bridgehead atoms. The number of esters is 1. The quantitative estimate of drug-likeness (QED) is 0.852. The third kappa shape index (κ3) is 3.84. The smallest absolute Gasteiger partial charge is 0.324 e. The third-order valence-corrected chi connectivity index (χ3v) is 5.56. The molecule has 0 radical (unpaired) electrons. The summed E-state index contributed by atoms with van der Waals surface area (Å²) < 4.78 is 32.2. The standard InChI is InChI=1S/C16H23NO5S/c1-11-10-12(7-8-14(11)18)23(20,21)17-9-5-6-13(17)15(19)22-16(2,3)4/h7-8,10,13,18H,5-6,9H2,1-4H3/t13-/m0/s1. The summed E-state index contributed by atoms with van der Waals surface area (Å²) in [6, 6.07) is 3.31. The first-order valence-corrected chi connectivity index (χ1v) is 9.01. The largest absolute Gasteiger partial charge is 0.508 e. The molecule has 1 N–H and O–H groups in total. The van der Waals surface area contributed by atoms with E-state index in [9.17, 15) is 18.3 Å². The molecule has 1 atom stereocenters. The molecule has 0 saturated carbocycles. The van der Waals surface area contributed by atoms with Crippen LogP contribution in [-0.2, 0) is 19.6 Å². The Morgan fingerprint density at radius 2 is 2.00 bits per heavy atom. The minimum Gasteiger partial charge on any atom is -0.508 e. The molecule has 2 rings (SSSR count). The lowest BCUT2D eigenvalue weighted by Gasteiger charge is -2.27. The number of benzene rings is 1. The number of rotatable bonds is 3. The van der Waals surface area contributed by atoms with Gasteiger partial charge >= 0.3 is 5.97 Å². The number of ether oxygens (including phenoxy) is 1. The second-order valence-electron chi connectivity index (χ2n) is 6.76. The van der Waals surface area contributed by atoms with Gasteiger partial charge in [0.1, 0.15) is 17.4 Å². The van der Waals surface area contributed by atoms with E-state index in [0.29, 0.717) is 18.4 Å². The molecule has 23 heavy (non-hydrogen) atoms. The summed E-state index contributed by atoms with van der Waals surface area (Å²) in [7, 11) is -3.81. The SMILES string of the molecule is Cc1cc(S(=O)(=O)N2CCC[C@H]2C(=O)OC(C)(C)C)ccc1O. The number of hydrogen-bond acceptors (Lipinski definition) is 5. The summed E-state index contributed by atoms with van der Waals surface area (Å²) in [6.45, 7) is 7.17. The Hall–Kier alpha value is -1.60. The van der Waals surface area contributed by atoms with E-state index >= 15 is 0 Å². The fraction of sp³-hybridized carbons (Fsp3) is 0.562. The van der Waals surface area contributed by atoms with Crippen LogP contribution in [0.2, 0.25) is 0 Å². The van der Waals surface area contributed by atoms with Crippen LogP contribution in [-0.4, -0.2) is 42.0 Å². The van der Waals surface area contributed by atoms with E-state index in [1.807, 2.05) is 0 Å². The monoisotopic (exact) mass is 341 g/mol. The van der Waals surface area contributed by atoms with Gasteiger partial charge in [-0.25, -0.2) is 8.42 Å². The molecule has 0 aliphatic carbocycles. The highest BCUT2D eigenvalue weighted by atomic mass is 32.2. The van der Waals surface area contributed by atoms with Gasteiger partial charge in [0, 0.05) is 6.54 Å². The summed E-state index contributed by atoms with van der Waals surface area (Å²) in [4.78, 5) is 12.4. The zero-order valence-corrected chi connectivity index (χ0v) is 14.7. The van der Waals surface area contributed by atoms with Gasteiger partial charge in [0.2, 0.25) is 10.0 Å². The number of carbonyl (C=O) groups excluding carboxylic acids is 1. The number of aryl methyl sites for hydroxylation is 1. The summed E-state index contributed by atoms with van der Waals surface area (Å²) in [5, 5.41) is 9.56. The minimum atomic E-state index is -3.81. The van der Waals surface area contributed by atoms with Gasteiger partial charge in [0.15, 0.2) is 0 Å². The number of sulfonamides is 1. The lowest BCUT2D eigenvalue weighted by Crippen LogP contribution is -2.43. The van der Waals surface area contributed by atoms with E-state index in [1.54, 1.807) is 27.7 Å². The van der Waals surface area contributed by atoms with Crippen LogP contribution in [0, 0.1) is 6.92 Å². The van der Waals surface area contributed by atoms with Gasteiger partial charge in [-0.2, -0.15) is 4.31 Å². The van der Waals surface area contributed by atoms with Gasteiger partial charge in [0.25, 0.3) is 0 Å². The molecule has 1 saturated heterocycles. The lowest BCUT2D eigenvalue weighted by molar-refractivity contribution is -0.158. The summed E-state index contributed by atoms with van der Waals surface area (Å²) in [5.74, 6) is -0.483. The van der Waals surface area contributed by atoms with E-state index in [-0.39, 0.29) is 17.2 Å². The van der Waals surface area contributed by atoms with E-state index in [0.717, 1.165) is 0 Å². The maximum absolute atomic E-state index is 12.8. The van der Waals surface area contributed by atoms with Gasteiger partial charge in [-0.15, -0.1) is 0 Å². The molecule has 7 heteroatoms. The molecule has 1 aromatic rings. The first-order chi connectivity index (χ1) is 10.5. The van der Waals surface area contributed by atoms with Crippen LogP contribution in [0.3, 0.4) is 0 Å². The molecule has 1 heterocycles. The summed E-state index contributed by atoms with van der Waals surface area (Å²) in [6.07, 6.45) is 1.06. The highest BCUT2D eigenvalue weighted by molar-refractivity contribution is 7.89. The molecule has 1 aromatic carbocycles. The number of phenolic OH excluding ortho intramolecular Hbond substituents is 1. The van der Waals surface area contributed by atoms with Crippen molar-refractivity contribution in [2.24, 2.45) is 0 Å². The molecule has 0 unspecified atom stereocenters. The minimum absolute atomic E-state index is 0.0362. The molecule has 0 aromatic heterocycles. The van der Waals surface area contributed by atoms with Gasteiger partial charge in [-0.3, -0.25) is 4.79 Å². The second kappa shape index (κ2) is 6.13. The number of nitrogens with zero attached hydrogens (tertiary/aromatic N) is 1. The number of carbonyl (C=O) groups is 1. The average Bonchev–Trinajstić information content (AvgIpc) is 2.90. The molecule has 0 amide bonds. The van der Waals surface area contributed by atoms with Crippen molar-refractivity contribution in [3.63, 3.8) is 0 Å². The van der Waals surface area contributed by atoms with Crippen molar-refractivity contribution in [1.82, 2.24) is 4.31 Å². The van der Waals surface area contributed by atoms with Crippen molar-refractivity contribution >= 4 is 16.0 Å². The molecular formula is C16H23NO5S. The first-order valence-electron chi connectivity index (χ1n) is 7.57. The fourth-order valence-corrected chi connectivity index (χ4v) is 4.29. The van der Waals surface area contributed by atoms with Crippen LogP contribution < -0.4 is 0 Å². The maximum atomic E-state index is 12.8. The molecule has 0 spiro atoms. The topological polar surface area (TPSA) is 83.9 Å². The van der Waals surface area contributed by atoms with Crippen molar-refractivity contribution in [3.8, 4) is 5.75 Å². The molecule has 1 fully saturated rings. The second-order valence-corrected chi connectivity index (χ2v) is 8.65. The summed E-state index contributed by atoms with van der Waals surface area (Å²) >= 11 is 0. The Kier molecular flexibility index (Phi) is 4.73. The Morgan fingerprint density at radius 3 is 2.57 bits per heavy atom. The maximum Gasteiger partial charge on any atom is 0.324 e. The predicted octanol–water partition coefficient (Wildman–Crippen LogP) is 2.20. The fourth-order valence-electron chi connectivity index (χ4n) is 2.56. The van der Waals surface area contributed by atoms with Crippen LogP contribution >= 0.6 is 0 Å². The van der Waals surface area contributed by atoms with Gasteiger partial charge in [-0.1, -0.05) is 0 Å². The van der Waals surface area contributed by atoms with E-state index in [2.05, 4.69) is 0 Å². The van der Waals surface area contributed by atoms with Crippen molar-refractivity contribution in [2.75, 3.05) is 6.54 Å². The van der Waals surface area contributed by atoms with E-state index in [4.69, 9.17) is 4.74 Å². The molecular weight excluding hydrogens is 318 g/mol. The Labute approximate surface area is 137 Å². The highest BCUT2D eigenvalue weighted by Crippen LogP contribution is 2.29.